The van der Waals surface area contributed by atoms with Crippen LogP contribution in [0, 0.1) is 0 Å². The molecule has 18 heavy (non-hydrogen) atoms. The first-order chi connectivity index (χ1) is 7.63. The van der Waals surface area contributed by atoms with Crippen LogP contribution in [0.2, 0.25) is 0 Å². The van der Waals surface area contributed by atoms with Gasteiger partial charge in [-0.2, -0.15) is 12.1 Å². The van der Waals surface area contributed by atoms with E-state index >= 15 is 0 Å². The van der Waals surface area contributed by atoms with Crippen molar-refractivity contribution in [1.82, 2.24) is 0 Å². The molecule has 0 saturated heterocycles. The van der Waals surface area contributed by atoms with Crippen LogP contribution in [0.1, 0.15) is 20.7 Å². The monoisotopic (exact) mass is 310 g/mol. The van der Waals surface area contributed by atoms with E-state index in [9.17, 15) is 9.59 Å². The van der Waals surface area contributed by atoms with Gasteiger partial charge in [0, 0.05) is 17.1 Å². The molecule has 6 heteroatoms. The van der Waals surface area contributed by atoms with Crippen molar-refractivity contribution < 1.29 is 36.9 Å². The molecule has 104 valence electrons. The predicted molar refractivity (Wildman–Crippen MR) is 65.2 cm³/mol. The van der Waals surface area contributed by atoms with Crippen LogP contribution >= 0.6 is 12.4 Å². The summed E-state index contributed by atoms with van der Waals surface area (Å²) in [6.07, 6.45) is 0. The Morgan fingerprint density at radius 1 is 1.06 bits per heavy atom. The second-order valence-electron chi connectivity index (χ2n) is 2.93. The van der Waals surface area contributed by atoms with Crippen molar-refractivity contribution in [2.24, 2.45) is 0 Å². The molecule has 0 spiro atoms. The van der Waals surface area contributed by atoms with Gasteiger partial charge in [0.15, 0.2) is 0 Å². The quantitative estimate of drug-likeness (QED) is 0.660. The van der Waals surface area contributed by atoms with Gasteiger partial charge in [0.25, 0.3) is 5.97 Å². The molecular formula is C12H11ClFeO4-6. The Kier molecular flexibility index (Phi) is 9.90. The van der Waals surface area contributed by atoms with E-state index in [2.05, 4.69) is 0 Å². The summed E-state index contributed by atoms with van der Waals surface area (Å²) in [5, 5.41) is 16.9. The van der Waals surface area contributed by atoms with E-state index in [0.717, 1.165) is 0 Å². The molecule has 0 atom stereocenters. The van der Waals surface area contributed by atoms with Crippen molar-refractivity contribution in [2.75, 3.05) is 0 Å². The molecule has 0 aliphatic carbocycles. The first kappa shape index (κ1) is 18.8. The maximum absolute atomic E-state index is 10.3. The average molecular weight is 311 g/mol. The second-order valence-corrected chi connectivity index (χ2v) is 2.93. The van der Waals surface area contributed by atoms with Crippen LogP contribution in [0.15, 0.2) is 48.5 Å². The van der Waals surface area contributed by atoms with Crippen molar-refractivity contribution >= 4 is 24.3 Å². The fourth-order valence-corrected chi connectivity index (χ4v) is 1.11. The molecule has 2 rings (SSSR count). The zero-order valence-corrected chi connectivity index (χ0v) is 11.0. The molecule has 0 fully saturated rings. The zero-order chi connectivity index (χ0) is 12.0. The third kappa shape index (κ3) is 5.68. The summed E-state index contributed by atoms with van der Waals surface area (Å²) in [6.45, 7) is 0. The standard InChI is InChI=1S/C7H5O4.C5H5.ClH.Fe/c8-6(9)4-2-1-3-5(4)7(10)11;1-2-4-5-3-1;;/h1-3H,(H,8,9)(H,10,11);1-5H;1H;/q-1;-5;;. The van der Waals surface area contributed by atoms with Gasteiger partial charge in [-0.3, -0.25) is 4.79 Å². The molecule has 0 heterocycles. The number of halogens is 1. The fraction of sp³-hybridized carbons (Fsp3) is 0. The van der Waals surface area contributed by atoms with E-state index in [1.165, 1.54) is 18.2 Å². The number of carbonyl (C=O) groups is 2. The van der Waals surface area contributed by atoms with Crippen LogP contribution in [0.25, 0.3) is 0 Å². The van der Waals surface area contributed by atoms with Crippen molar-refractivity contribution in [3.63, 3.8) is 0 Å². The van der Waals surface area contributed by atoms with Crippen LogP contribution in [0.4, 0.5) is 0 Å². The summed E-state index contributed by atoms with van der Waals surface area (Å²) in [5.41, 5.74) is -0.338. The van der Waals surface area contributed by atoms with Gasteiger partial charge in [0.2, 0.25) is 5.97 Å². The van der Waals surface area contributed by atoms with Crippen LogP contribution in [0.3, 0.4) is 0 Å². The zero-order valence-electron chi connectivity index (χ0n) is 9.09. The van der Waals surface area contributed by atoms with Gasteiger partial charge >= 0.3 is 0 Å². The molecule has 0 radical (unpaired) electrons. The SMILES string of the molecule is Cl.O=C(O)c1ccc[c-]1C(=O)O.[Fe].[cH-]1[cH-][cH-][cH-][cH-]1. The number of rotatable bonds is 2. The fourth-order valence-electron chi connectivity index (χ4n) is 1.11. The minimum atomic E-state index is -1.22. The third-order valence-corrected chi connectivity index (χ3v) is 1.83. The molecule has 0 saturated carbocycles. The van der Waals surface area contributed by atoms with Gasteiger partial charge in [-0.1, -0.05) is 5.56 Å². The molecule has 0 unspecified atom stereocenters. The summed E-state index contributed by atoms with van der Waals surface area (Å²) in [5.74, 6) is -2.43. The Morgan fingerprint density at radius 2 is 1.50 bits per heavy atom. The molecule has 2 N–H and O–H groups in total. The van der Waals surface area contributed by atoms with E-state index in [4.69, 9.17) is 10.2 Å². The molecule has 2 aromatic carbocycles. The van der Waals surface area contributed by atoms with E-state index in [1.807, 2.05) is 30.3 Å². The predicted octanol–water partition coefficient (Wildman–Crippen LogP) is 2.63. The van der Waals surface area contributed by atoms with E-state index in [0.29, 0.717) is 0 Å². The molecule has 0 aromatic heterocycles. The normalized spacial score (nSPS) is 8.00. The molecule has 0 bridgehead atoms. The summed E-state index contributed by atoms with van der Waals surface area (Å²) in [6, 6.07) is 13.9. The van der Waals surface area contributed by atoms with Gasteiger partial charge in [0.1, 0.15) is 0 Å². The Hall–Kier alpha value is -1.55. The smallest absolute Gasteiger partial charge is 0.292 e. The van der Waals surface area contributed by atoms with Crippen LogP contribution < -0.4 is 0 Å². The Morgan fingerprint density at radius 3 is 1.78 bits per heavy atom. The first-order valence-corrected chi connectivity index (χ1v) is 4.52. The Bertz CT molecular complexity index is 416. The number of carboxylic acid groups (broad SMARTS) is 2. The van der Waals surface area contributed by atoms with Crippen molar-refractivity contribution in [3.8, 4) is 0 Å². The maximum Gasteiger partial charge on any atom is 0.292 e. The minimum Gasteiger partial charge on any atom is -0.748 e. The van der Waals surface area contributed by atoms with Crippen LogP contribution in [0.5, 0.6) is 0 Å². The van der Waals surface area contributed by atoms with Crippen molar-refractivity contribution in [1.29, 1.82) is 0 Å². The summed E-state index contributed by atoms with van der Waals surface area (Å²) in [4.78, 5) is 20.6. The summed E-state index contributed by atoms with van der Waals surface area (Å²) >= 11 is 0. The Labute approximate surface area is 121 Å². The van der Waals surface area contributed by atoms with E-state index in [1.54, 1.807) is 0 Å². The molecule has 0 aliphatic rings. The molecule has 4 nitrogen and oxygen atoms in total. The minimum absolute atomic E-state index is 0. The van der Waals surface area contributed by atoms with Crippen molar-refractivity contribution in [3.05, 3.63) is 59.7 Å². The van der Waals surface area contributed by atoms with Gasteiger partial charge in [0.05, 0.1) is 0 Å². The van der Waals surface area contributed by atoms with E-state index < -0.39 is 11.9 Å². The third-order valence-electron chi connectivity index (χ3n) is 1.83. The number of hydrogen-bond acceptors (Lipinski definition) is 2. The van der Waals surface area contributed by atoms with Gasteiger partial charge < -0.3 is 45.3 Å². The molecule has 0 amide bonds. The number of carboxylic acids is 2. The number of hydrogen-bond donors (Lipinski definition) is 2. The van der Waals surface area contributed by atoms with Gasteiger partial charge in [-0.05, 0) is 5.56 Å². The van der Waals surface area contributed by atoms with Gasteiger partial charge in [-0.25, -0.2) is 0 Å². The van der Waals surface area contributed by atoms with Crippen LogP contribution in [-0.2, 0) is 17.1 Å². The van der Waals surface area contributed by atoms with Crippen molar-refractivity contribution in [2.45, 2.75) is 0 Å². The first-order valence-electron chi connectivity index (χ1n) is 4.52. The average Bonchev–Trinajstić information content (AvgIpc) is 2.92. The number of aromatic carboxylic acids is 2. The topological polar surface area (TPSA) is 74.6 Å². The summed E-state index contributed by atoms with van der Waals surface area (Å²) < 4.78 is 0. The van der Waals surface area contributed by atoms with E-state index in [-0.39, 0.29) is 40.6 Å². The largest absolute Gasteiger partial charge is 0.748 e. The molecular weight excluding hydrogens is 299 g/mol. The van der Waals surface area contributed by atoms with Crippen LogP contribution in [-0.4, -0.2) is 22.2 Å². The Balaban J connectivity index is 0. The maximum atomic E-state index is 10.3. The molecule has 2 aromatic rings. The van der Waals surface area contributed by atoms with Gasteiger partial charge in [-0.15, -0.1) is 18.5 Å². The second kappa shape index (κ2) is 9.48. The molecule has 0 aliphatic heterocycles. The summed E-state index contributed by atoms with van der Waals surface area (Å²) in [7, 11) is 0.